The van der Waals surface area contributed by atoms with Crippen LogP contribution in [0.2, 0.25) is 0 Å². The molecule has 0 bridgehead atoms. The van der Waals surface area contributed by atoms with Crippen LogP contribution in [-0.2, 0) is 0 Å². The number of nitrogens with one attached hydrogen (secondary N) is 2. The Morgan fingerprint density at radius 3 is 2.75 bits per heavy atom. The van der Waals surface area contributed by atoms with Gasteiger partial charge in [0.1, 0.15) is 5.69 Å². The highest BCUT2D eigenvalue weighted by Crippen LogP contribution is 2.27. The summed E-state index contributed by atoms with van der Waals surface area (Å²) in [6.45, 7) is 0. The van der Waals surface area contributed by atoms with Gasteiger partial charge in [-0.3, -0.25) is 0 Å². The number of halogens is 1. The number of aromatic amines is 2. The average molecular weight is 279 g/mol. The molecule has 80 valence electrons. The van der Waals surface area contributed by atoms with Crippen LogP contribution in [0.25, 0.3) is 21.9 Å². The van der Waals surface area contributed by atoms with Crippen LogP contribution in [0.4, 0.5) is 0 Å². The SMILES string of the molecule is O=C(O)c1cc2[nH]c3ccc(Br)cc3c2[nH]1. The number of H-pyrrole nitrogens is 2. The summed E-state index contributed by atoms with van der Waals surface area (Å²) in [4.78, 5) is 16.9. The fourth-order valence-electron chi connectivity index (χ4n) is 1.86. The number of hydrogen-bond acceptors (Lipinski definition) is 1. The van der Waals surface area contributed by atoms with E-state index in [1.807, 2.05) is 18.2 Å². The molecule has 5 heteroatoms. The lowest BCUT2D eigenvalue weighted by atomic mass is 10.2. The molecule has 2 aromatic heterocycles. The molecule has 0 radical (unpaired) electrons. The molecular weight excluding hydrogens is 272 g/mol. The number of fused-ring (bicyclic) bond motifs is 3. The van der Waals surface area contributed by atoms with E-state index in [1.165, 1.54) is 0 Å². The number of benzene rings is 1. The first kappa shape index (κ1) is 9.47. The zero-order valence-electron chi connectivity index (χ0n) is 8.04. The fraction of sp³-hybridized carbons (Fsp3) is 0. The van der Waals surface area contributed by atoms with Crippen LogP contribution >= 0.6 is 15.9 Å². The zero-order chi connectivity index (χ0) is 11.3. The highest BCUT2D eigenvalue weighted by atomic mass is 79.9. The van der Waals surface area contributed by atoms with E-state index in [9.17, 15) is 4.79 Å². The van der Waals surface area contributed by atoms with Crippen molar-refractivity contribution >= 4 is 43.8 Å². The first-order valence-electron chi connectivity index (χ1n) is 4.68. The summed E-state index contributed by atoms with van der Waals surface area (Å²) in [6, 6.07) is 7.45. The van der Waals surface area contributed by atoms with Gasteiger partial charge in [-0.15, -0.1) is 0 Å². The van der Waals surface area contributed by atoms with Crippen molar-refractivity contribution in [2.75, 3.05) is 0 Å². The number of aromatic nitrogens is 2. The van der Waals surface area contributed by atoms with E-state index in [-0.39, 0.29) is 5.69 Å². The van der Waals surface area contributed by atoms with Gasteiger partial charge in [0, 0.05) is 15.4 Å². The summed E-state index contributed by atoms with van der Waals surface area (Å²) in [7, 11) is 0. The van der Waals surface area contributed by atoms with Crippen molar-refractivity contribution in [3.63, 3.8) is 0 Å². The van der Waals surface area contributed by atoms with Gasteiger partial charge in [-0.2, -0.15) is 0 Å². The number of carboxylic acid groups (broad SMARTS) is 1. The van der Waals surface area contributed by atoms with Gasteiger partial charge in [-0.1, -0.05) is 15.9 Å². The maximum absolute atomic E-state index is 10.8. The predicted octanol–water partition coefficient (Wildman–Crippen LogP) is 3.11. The number of rotatable bonds is 1. The Morgan fingerprint density at radius 2 is 2.00 bits per heavy atom. The lowest BCUT2D eigenvalue weighted by Crippen LogP contribution is -1.95. The lowest BCUT2D eigenvalue weighted by molar-refractivity contribution is 0.0691. The Balaban J connectivity index is 2.40. The monoisotopic (exact) mass is 278 g/mol. The maximum Gasteiger partial charge on any atom is 0.352 e. The molecule has 2 heterocycles. The van der Waals surface area contributed by atoms with E-state index >= 15 is 0 Å². The van der Waals surface area contributed by atoms with Gasteiger partial charge in [0.25, 0.3) is 0 Å². The molecule has 3 rings (SSSR count). The van der Waals surface area contributed by atoms with Crippen LogP contribution in [0.15, 0.2) is 28.7 Å². The van der Waals surface area contributed by atoms with Crippen molar-refractivity contribution < 1.29 is 9.90 Å². The normalized spacial score (nSPS) is 11.3. The standard InChI is InChI=1S/C11H7BrN2O2/c12-5-1-2-7-6(3-5)10-8(13-7)4-9(14-10)11(15)16/h1-4,13-14H,(H,15,16). The largest absolute Gasteiger partial charge is 0.477 e. The van der Waals surface area contributed by atoms with Crippen molar-refractivity contribution in [3.05, 3.63) is 34.4 Å². The molecule has 0 aliphatic carbocycles. The van der Waals surface area contributed by atoms with Gasteiger partial charge in [0.05, 0.1) is 11.0 Å². The minimum Gasteiger partial charge on any atom is -0.477 e. The molecule has 1 aromatic carbocycles. The number of hydrogen-bond donors (Lipinski definition) is 3. The molecule has 0 unspecified atom stereocenters. The molecule has 0 saturated carbocycles. The zero-order valence-corrected chi connectivity index (χ0v) is 9.63. The van der Waals surface area contributed by atoms with Crippen molar-refractivity contribution in [2.45, 2.75) is 0 Å². The molecule has 0 fully saturated rings. The molecular formula is C11H7BrN2O2. The van der Waals surface area contributed by atoms with Crippen molar-refractivity contribution in [2.24, 2.45) is 0 Å². The van der Waals surface area contributed by atoms with Gasteiger partial charge in [0.2, 0.25) is 0 Å². The first-order chi connectivity index (χ1) is 7.65. The minimum atomic E-state index is -0.951. The van der Waals surface area contributed by atoms with Crippen LogP contribution in [-0.4, -0.2) is 21.0 Å². The smallest absolute Gasteiger partial charge is 0.352 e. The van der Waals surface area contributed by atoms with Crippen LogP contribution in [0, 0.1) is 0 Å². The van der Waals surface area contributed by atoms with Gasteiger partial charge in [-0.05, 0) is 24.3 Å². The third-order valence-electron chi connectivity index (χ3n) is 2.57. The molecule has 0 aliphatic heterocycles. The summed E-state index contributed by atoms with van der Waals surface area (Å²) in [5, 5.41) is 9.86. The molecule has 3 aromatic rings. The third kappa shape index (κ3) is 1.25. The summed E-state index contributed by atoms with van der Waals surface area (Å²) >= 11 is 3.39. The Hall–Kier alpha value is -1.75. The maximum atomic E-state index is 10.8. The Morgan fingerprint density at radius 1 is 1.19 bits per heavy atom. The van der Waals surface area contributed by atoms with E-state index in [2.05, 4.69) is 25.9 Å². The summed E-state index contributed by atoms with van der Waals surface area (Å²) in [5.74, 6) is -0.951. The highest BCUT2D eigenvalue weighted by molar-refractivity contribution is 9.10. The minimum absolute atomic E-state index is 0.197. The molecule has 0 amide bonds. The molecule has 0 saturated heterocycles. The van der Waals surface area contributed by atoms with Crippen LogP contribution in [0.1, 0.15) is 10.5 Å². The molecule has 0 spiro atoms. The fourth-order valence-corrected chi connectivity index (χ4v) is 2.22. The predicted molar refractivity (Wildman–Crippen MR) is 64.8 cm³/mol. The Kier molecular flexibility index (Phi) is 1.85. The number of aromatic carboxylic acids is 1. The van der Waals surface area contributed by atoms with Crippen LogP contribution in [0.5, 0.6) is 0 Å². The van der Waals surface area contributed by atoms with Gasteiger partial charge >= 0.3 is 5.97 Å². The molecule has 4 nitrogen and oxygen atoms in total. The quantitative estimate of drug-likeness (QED) is 0.640. The Bertz CT molecular complexity index is 711. The molecule has 3 N–H and O–H groups in total. The lowest BCUT2D eigenvalue weighted by Gasteiger charge is -1.92. The van der Waals surface area contributed by atoms with E-state index in [1.54, 1.807) is 6.07 Å². The van der Waals surface area contributed by atoms with Gasteiger partial charge in [-0.25, -0.2) is 4.79 Å². The van der Waals surface area contributed by atoms with E-state index in [0.717, 1.165) is 26.4 Å². The second-order valence-electron chi connectivity index (χ2n) is 3.59. The highest BCUT2D eigenvalue weighted by Gasteiger charge is 2.11. The molecule has 0 aliphatic rings. The van der Waals surface area contributed by atoms with Crippen molar-refractivity contribution in [3.8, 4) is 0 Å². The number of carboxylic acids is 1. The summed E-state index contributed by atoms with van der Waals surface area (Å²) in [5.41, 5.74) is 2.82. The summed E-state index contributed by atoms with van der Waals surface area (Å²) in [6.07, 6.45) is 0. The Labute approximate surface area is 98.4 Å². The van der Waals surface area contributed by atoms with Crippen LogP contribution in [0.3, 0.4) is 0 Å². The molecule has 16 heavy (non-hydrogen) atoms. The van der Waals surface area contributed by atoms with E-state index < -0.39 is 5.97 Å². The topological polar surface area (TPSA) is 68.9 Å². The van der Waals surface area contributed by atoms with Crippen molar-refractivity contribution in [1.29, 1.82) is 0 Å². The summed E-state index contributed by atoms with van der Waals surface area (Å²) < 4.78 is 0.965. The number of carbonyl (C=O) groups is 1. The van der Waals surface area contributed by atoms with Gasteiger partial charge < -0.3 is 15.1 Å². The second-order valence-corrected chi connectivity index (χ2v) is 4.51. The third-order valence-corrected chi connectivity index (χ3v) is 3.06. The van der Waals surface area contributed by atoms with E-state index in [4.69, 9.17) is 5.11 Å². The van der Waals surface area contributed by atoms with Crippen molar-refractivity contribution in [1.82, 2.24) is 9.97 Å². The molecule has 0 atom stereocenters. The van der Waals surface area contributed by atoms with E-state index in [0.29, 0.717) is 0 Å². The van der Waals surface area contributed by atoms with Gasteiger partial charge in [0.15, 0.2) is 0 Å². The first-order valence-corrected chi connectivity index (χ1v) is 5.48. The van der Waals surface area contributed by atoms with Crippen LogP contribution < -0.4 is 0 Å². The second kappa shape index (κ2) is 3.12. The average Bonchev–Trinajstić information content (AvgIpc) is 2.75.